The monoisotopic (exact) mass is 277 g/mol. The Hall–Kier alpha value is -1.22. The van der Waals surface area contributed by atoms with E-state index < -0.39 is 0 Å². The number of nitrogens with zero attached hydrogens (tertiary/aromatic N) is 2. The van der Waals surface area contributed by atoms with Crippen LogP contribution in [0.1, 0.15) is 42.9 Å². The molecule has 1 heterocycles. The second kappa shape index (κ2) is 5.04. The van der Waals surface area contributed by atoms with Crippen molar-refractivity contribution >= 4 is 17.6 Å². The van der Waals surface area contributed by atoms with Gasteiger partial charge in [0.15, 0.2) is 5.96 Å². The van der Waals surface area contributed by atoms with Crippen molar-refractivity contribution in [3.8, 4) is 0 Å². The van der Waals surface area contributed by atoms with Gasteiger partial charge in [-0.2, -0.15) is 0 Å². The van der Waals surface area contributed by atoms with E-state index in [1.165, 1.54) is 31.2 Å². The fourth-order valence-corrected chi connectivity index (χ4v) is 3.40. The quantitative estimate of drug-likeness (QED) is 0.901. The Balaban J connectivity index is 1.88. The van der Waals surface area contributed by atoms with Crippen LogP contribution in [0.5, 0.6) is 0 Å². The van der Waals surface area contributed by atoms with E-state index in [1.807, 2.05) is 6.92 Å². The lowest BCUT2D eigenvalue weighted by atomic mass is 10.0. The number of aliphatic imine (C=N–C) groups is 1. The fraction of sp³-hybridized carbons (Fsp3) is 0.533. The molecule has 19 heavy (non-hydrogen) atoms. The molecular formula is C15H20ClN3. The van der Waals surface area contributed by atoms with Crippen LogP contribution in [0, 0.1) is 6.92 Å². The summed E-state index contributed by atoms with van der Waals surface area (Å²) < 4.78 is 0. The highest BCUT2D eigenvalue weighted by Gasteiger charge is 2.34. The molecule has 3 rings (SSSR count). The Morgan fingerprint density at radius 3 is 2.74 bits per heavy atom. The third-order valence-electron chi connectivity index (χ3n) is 4.33. The number of halogens is 1. The van der Waals surface area contributed by atoms with Crippen LogP contribution in [0.25, 0.3) is 0 Å². The minimum Gasteiger partial charge on any atom is -0.370 e. The molecule has 4 heteroatoms. The lowest BCUT2D eigenvalue weighted by molar-refractivity contribution is 0.262. The number of hydrogen-bond acceptors (Lipinski definition) is 3. The molecule has 1 aliphatic carbocycles. The van der Waals surface area contributed by atoms with Gasteiger partial charge in [-0.25, -0.2) is 0 Å². The highest BCUT2D eigenvalue weighted by Crippen LogP contribution is 2.35. The van der Waals surface area contributed by atoms with Crippen LogP contribution in [-0.4, -0.2) is 23.4 Å². The van der Waals surface area contributed by atoms with Gasteiger partial charge in [-0.15, -0.1) is 0 Å². The molecule has 1 unspecified atom stereocenters. The first-order chi connectivity index (χ1) is 9.16. The molecule has 0 spiro atoms. The van der Waals surface area contributed by atoms with Crippen LogP contribution in [-0.2, 0) is 0 Å². The maximum Gasteiger partial charge on any atom is 0.192 e. The molecule has 2 N–H and O–H groups in total. The van der Waals surface area contributed by atoms with Crippen LogP contribution < -0.4 is 5.73 Å². The first-order valence-electron chi connectivity index (χ1n) is 7.01. The van der Waals surface area contributed by atoms with Crippen LogP contribution in [0.15, 0.2) is 23.2 Å². The van der Waals surface area contributed by atoms with E-state index in [1.54, 1.807) is 0 Å². The number of hydrogen-bond donors (Lipinski definition) is 1. The van der Waals surface area contributed by atoms with E-state index in [4.69, 9.17) is 17.3 Å². The molecule has 2 aliphatic rings. The van der Waals surface area contributed by atoms with E-state index in [2.05, 4.69) is 28.1 Å². The number of guanidine groups is 1. The molecule has 1 aliphatic heterocycles. The van der Waals surface area contributed by atoms with Crippen molar-refractivity contribution in [2.24, 2.45) is 10.7 Å². The lowest BCUT2D eigenvalue weighted by Crippen LogP contribution is -2.42. The van der Waals surface area contributed by atoms with Crippen LogP contribution in [0.3, 0.4) is 0 Å². The topological polar surface area (TPSA) is 41.6 Å². The number of nitrogens with two attached hydrogens (primary N) is 1. The van der Waals surface area contributed by atoms with Gasteiger partial charge in [-0.1, -0.05) is 36.6 Å². The SMILES string of the molecule is Cc1ccc(C2CN=C(N)N2C2CCCC2)cc1Cl. The van der Waals surface area contributed by atoms with Crippen LogP contribution in [0.2, 0.25) is 5.02 Å². The minimum atomic E-state index is 0.265. The normalized spacial score (nSPS) is 24.0. The van der Waals surface area contributed by atoms with Crippen molar-refractivity contribution in [1.82, 2.24) is 4.90 Å². The van der Waals surface area contributed by atoms with Gasteiger partial charge in [0.1, 0.15) is 0 Å². The molecule has 102 valence electrons. The summed E-state index contributed by atoms with van der Waals surface area (Å²) in [6.45, 7) is 2.78. The predicted octanol–water partition coefficient (Wildman–Crippen LogP) is 3.26. The largest absolute Gasteiger partial charge is 0.370 e. The van der Waals surface area contributed by atoms with Gasteiger partial charge >= 0.3 is 0 Å². The Kier molecular flexibility index (Phi) is 3.40. The third kappa shape index (κ3) is 2.32. The zero-order valence-electron chi connectivity index (χ0n) is 11.3. The van der Waals surface area contributed by atoms with Gasteiger partial charge in [0.2, 0.25) is 0 Å². The van der Waals surface area contributed by atoms with Crippen LogP contribution >= 0.6 is 11.6 Å². The highest BCUT2D eigenvalue weighted by molar-refractivity contribution is 6.31. The second-order valence-electron chi connectivity index (χ2n) is 5.57. The van der Waals surface area contributed by atoms with Gasteiger partial charge in [0.25, 0.3) is 0 Å². The molecule has 0 aromatic heterocycles. The Morgan fingerprint density at radius 1 is 1.32 bits per heavy atom. The van der Waals surface area contributed by atoms with E-state index in [9.17, 15) is 0 Å². The Bertz CT molecular complexity index is 506. The molecule has 0 radical (unpaired) electrons. The molecule has 0 amide bonds. The predicted molar refractivity (Wildman–Crippen MR) is 79.5 cm³/mol. The summed E-state index contributed by atoms with van der Waals surface area (Å²) in [5.41, 5.74) is 8.44. The fourth-order valence-electron chi connectivity index (χ4n) is 3.22. The van der Waals surface area contributed by atoms with Gasteiger partial charge < -0.3 is 10.6 Å². The standard InChI is InChI=1S/C15H20ClN3/c1-10-6-7-11(8-13(10)16)14-9-18-15(17)19(14)12-4-2-3-5-12/h6-8,12,14H,2-5,9H2,1H3,(H2,17,18). The maximum atomic E-state index is 6.25. The van der Waals surface area contributed by atoms with Crippen molar-refractivity contribution < 1.29 is 0 Å². The number of aryl methyl sites for hydroxylation is 1. The molecule has 1 aromatic rings. The zero-order valence-corrected chi connectivity index (χ0v) is 12.0. The summed E-state index contributed by atoms with van der Waals surface area (Å²) in [6, 6.07) is 7.12. The van der Waals surface area contributed by atoms with Crippen LogP contribution in [0.4, 0.5) is 0 Å². The van der Waals surface area contributed by atoms with Crippen molar-refractivity contribution in [3.63, 3.8) is 0 Å². The van der Waals surface area contributed by atoms with Crippen molar-refractivity contribution in [3.05, 3.63) is 34.3 Å². The van der Waals surface area contributed by atoms with E-state index in [0.717, 1.165) is 17.1 Å². The summed E-state index contributed by atoms with van der Waals surface area (Å²) in [7, 11) is 0. The molecule has 1 saturated carbocycles. The lowest BCUT2D eigenvalue weighted by Gasteiger charge is -2.32. The molecule has 0 bridgehead atoms. The van der Waals surface area contributed by atoms with Gasteiger partial charge in [-0.3, -0.25) is 4.99 Å². The average Bonchev–Trinajstić information content (AvgIpc) is 3.01. The third-order valence-corrected chi connectivity index (χ3v) is 4.73. The molecule has 1 fully saturated rings. The summed E-state index contributed by atoms with van der Waals surface area (Å²) >= 11 is 6.25. The molecule has 3 nitrogen and oxygen atoms in total. The Labute approximate surface area is 119 Å². The van der Waals surface area contributed by atoms with Crippen molar-refractivity contribution in [1.29, 1.82) is 0 Å². The zero-order chi connectivity index (χ0) is 13.4. The van der Waals surface area contributed by atoms with Crippen molar-refractivity contribution in [2.45, 2.75) is 44.7 Å². The van der Waals surface area contributed by atoms with Gasteiger partial charge in [0, 0.05) is 11.1 Å². The molecule has 1 aromatic carbocycles. The smallest absolute Gasteiger partial charge is 0.192 e. The molecule has 1 atom stereocenters. The first kappa shape index (κ1) is 12.8. The molecule has 0 saturated heterocycles. The summed E-state index contributed by atoms with van der Waals surface area (Å²) in [5, 5.41) is 0.828. The van der Waals surface area contributed by atoms with E-state index in [-0.39, 0.29) is 6.04 Å². The summed E-state index contributed by atoms with van der Waals surface area (Å²) in [4.78, 5) is 6.76. The highest BCUT2D eigenvalue weighted by atomic mass is 35.5. The minimum absolute atomic E-state index is 0.265. The van der Waals surface area contributed by atoms with Gasteiger partial charge in [0.05, 0.1) is 12.6 Å². The molecular weight excluding hydrogens is 258 g/mol. The summed E-state index contributed by atoms with van der Waals surface area (Å²) in [6.07, 6.45) is 5.06. The Morgan fingerprint density at radius 2 is 2.05 bits per heavy atom. The average molecular weight is 278 g/mol. The number of benzene rings is 1. The first-order valence-corrected chi connectivity index (χ1v) is 7.39. The second-order valence-corrected chi connectivity index (χ2v) is 5.98. The van der Waals surface area contributed by atoms with E-state index in [0.29, 0.717) is 12.0 Å². The van der Waals surface area contributed by atoms with Crippen molar-refractivity contribution in [2.75, 3.05) is 6.54 Å². The summed E-state index contributed by atoms with van der Waals surface area (Å²) in [5.74, 6) is 0.702. The van der Waals surface area contributed by atoms with E-state index >= 15 is 0 Å². The van der Waals surface area contributed by atoms with Gasteiger partial charge in [-0.05, 0) is 37.0 Å². The number of rotatable bonds is 2. The maximum absolute atomic E-state index is 6.25.